The molecule has 0 spiro atoms. The van der Waals surface area contributed by atoms with Gasteiger partial charge in [0.2, 0.25) is 0 Å². The fourth-order valence-electron chi connectivity index (χ4n) is 4.40. The van der Waals surface area contributed by atoms with Gasteiger partial charge in [-0.05, 0) is 10.8 Å². The van der Waals surface area contributed by atoms with E-state index >= 15 is 0 Å². The van der Waals surface area contributed by atoms with Gasteiger partial charge in [0.15, 0.2) is 0 Å². The van der Waals surface area contributed by atoms with Gasteiger partial charge in [-0.15, -0.1) is 46.2 Å². The Bertz CT molecular complexity index is 1160. The van der Waals surface area contributed by atoms with Gasteiger partial charge in [-0.25, -0.2) is 12.2 Å². The SMILES string of the molecule is CC(C)(C)[Si](=[Zr+2])C(C)(C)C.CC(C)(C)c1ccc2[cH-]c3ccc(C(C)(C)C)cc3c2c1.[C-]1=CC=CC1.[Cl-].[Cl-]. The predicted octanol–water partition coefficient (Wildman–Crippen LogP) is 4.75. The van der Waals surface area contributed by atoms with Crippen molar-refractivity contribution in [2.45, 2.75) is 110 Å². The minimum Gasteiger partial charge on any atom is -1.00 e. The van der Waals surface area contributed by atoms with Crippen LogP contribution in [0.1, 0.15) is 101 Å². The van der Waals surface area contributed by atoms with E-state index in [4.69, 9.17) is 0 Å². The second-order valence-corrected chi connectivity index (χ2v) is 21.6. The fourth-order valence-corrected chi connectivity index (χ4v) is 6.65. The molecule has 0 N–H and O–H groups in total. The van der Waals surface area contributed by atoms with Crippen LogP contribution in [0.4, 0.5) is 0 Å². The predicted molar refractivity (Wildman–Crippen MR) is 161 cm³/mol. The quantitative estimate of drug-likeness (QED) is 0.245. The van der Waals surface area contributed by atoms with Crippen LogP contribution >= 0.6 is 0 Å². The van der Waals surface area contributed by atoms with E-state index < -0.39 is 0 Å². The minimum atomic E-state index is -0.131. The van der Waals surface area contributed by atoms with E-state index in [2.05, 4.69) is 138 Å². The first kappa shape index (κ1) is 37.5. The summed E-state index contributed by atoms with van der Waals surface area (Å²) in [4.78, 5) is 0. The van der Waals surface area contributed by atoms with Crippen LogP contribution < -0.4 is 24.8 Å². The summed E-state index contributed by atoms with van der Waals surface area (Å²) in [5, 5.41) is 6.66. The molecule has 0 atom stereocenters. The fraction of sp³-hybridized carbons (Fsp3) is 0.500. The van der Waals surface area contributed by atoms with Crippen LogP contribution in [0.5, 0.6) is 0 Å². The van der Waals surface area contributed by atoms with Crippen LogP contribution in [-0.4, -0.2) is 5.43 Å². The van der Waals surface area contributed by atoms with Crippen molar-refractivity contribution in [3.8, 4) is 0 Å². The molecule has 208 valence electrons. The maximum Gasteiger partial charge on any atom is -0.0145 e. The van der Waals surface area contributed by atoms with E-state index in [1.165, 1.54) is 32.7 Å². The zero-order valence-corrected chi connectivity index (χ0v) is 30.7. The zero-order chi connectivity index (χ0) is 27.5. The molecule has 0 nitrogen and oxygen atoms in total. The van der Waals surface area contributed by atoms with Gasteiger partial charge < -0.3 is 24.8 Å². The van der Waals surface area contributed by atoms with E-state index in [0.717, 1.165) is 6.42 Å². The zero-order valence-electron chi connectivity index (χ0n) is 25.7. The number of halogens is 2. The maximum absolute atomic E-state index is 2.99. The molecule has 4 heteroatoms. The summed E-state index contributed by atoms with van der Waals surface area (Å²) in [6.07, 6.45) is 10.0. The van der Waals surface area contributed by atoms with Gasteiger partial charge in [0.05, 0.1) is 0 Å². The Morgan fingerprint density at radius 1 is 0.684 bits per heavy atom. The number of benzene rings is 2. The van der Waals surface area contributed by atoms with E-state index in [0.29, 0.717) is 10.1 Å². The number of allylic oxidation sites excluding steroid dienone is 4. The Balaban J connectivity index is 0.000000676. The summed E-state index contributed by atoms with van der Waals surface area (Å²) in [5.74, 6) is 0. The van der Waals surface area contributed by atoms with Crippen LogP contribution in [0.3, 0.4) is 0 Å². The standard InChI is InChI=1S/C21H25.C8H18Si.C5H5.2ClH.Zr/c1-20(2,3)16-9-7-14-11-15-8-10-17(21(4,5)6)13-19(15)18(14)12-16;1-7(2,3)9-8(4,5)6;1-2-4-5-3-1;;;/h7-13H,1-6H3;1-6H3;1-3H,4H2;2*1H;/q-1;;-1;;;+2/p-2. The van der Waals surface area contributed by atoms with Crippen molar-refractivity contribution >= 4 is 27.0 Å². The molecule has 3 aromatic rings. The number of rotatable bonds is 0. The summed E-state index contributed by atoms with van der Waals surface area (Å²) in [6, 6.07) is 16.1. The summed E-state index contributed by atoms with van der Waals surface area (Å²) in [5.41, 5.74) is 3.07. The first-order valence-corrected chi connectivity index (χ1v) is 18.5. The summed E-state index contributed by atoms with van der Waals surface area (Å²) in [6.45, 7) is 27.9. The molecule has 0 bridgehead atoms. The molecule has 0 heterocycles. The molecule has 4 rings (SSSR count). The molecule has 38 heavy (non-hydrogen) atoms. The van der Waals surface area contributed by atoms with E-state index in [-0.39, 0.29) is 41.1 Å². The smallest absolute Gasteiger partial charge is 0.0145 e. The second-order valence-electron chi connectivity index (χ2n) is 14.1. The first-order chi connectivity index (χ1) is 16.3. The van der Waals surface area contributed by atoms with E-state index in [9.17, 15) is 0 Å². The van der Waals surface area contributed by atoms with Crippen molar-refractivity contribution < 1.29 is 48.1 Å². The molecule has 0 amide bonds. The summed E-state index contributed by atoms with van der Waals surface area (Å²) >= 11 is 1.77. The monoisotopic (exact) mass is 644 g/mol. The molecule has 1 aliphatic rings. The molecule has 0 saturated carbocycles. The van der Waals surface area contributed by atoms with Gasteiger partial charge in [-0.1, -0.05) is 76.9 Å². The Hall–Kier alpha value is -0.530. The molecule has 1 aliphatic carbocycles. The molecular weight excluding hydrogens is 599 g/mol. The van der Waals surface area contributed by atoms with Crippen molar-refractivity contribution in [3.05, 3.63) is 77.9 Å². The average Bonchev–Trinajstić information content (AvgIpc) is 3.41. The minimum absolute atomic E-state index is 0. The third-order valence-corrected chi connectivity index (χ3v) is 20.6. The first-order valence-electron chi connectivity index (χ1n) is 13.3. The number of hydrogen-bond donors (Lipinski definition) is 0. The third-order valence-electron chi connectivity index (χ3n) is 6.53. The van der Waals surface area contributed by atoms with Crippen LogP contribution in [0.2, 0.25) is 10.1 Å². The van der Waals surface area contributed by atoms with E-state index in [1.807, 2.05) is 12.2 Å². The van der Waals surface area contributed by atoms with Crippen molar-refractivity contribution in [2.75, 3.05) is 0 Å². The molecular formula is C34H48Cl2SiZr-2. The van der Waals surface area contributed by atoms with Gasteiger partial charge in [0.1, 0.15) is 0 Å². The molecule has 0 radical (unpaired) electrons. The maximum atomic E-state index is 2.99. The molecule has 0 saturated heterocycles. The van der Waals surface area contributed by atoms with E-state index in [1.54, 1.807) is 23.3 Å². The Kier molecular flexibility index (Phi) is 14.2. The van der Waals surface area contributed by atoms with Gasteiger partial charge in [0, 0.05) is 0 Å². The van der Waals surface area contributed by atoms with Crippen molar-refractivity contribution in [2.24, 2.45) is 0 Å². The van der Waals surface area contributed by atoms with Crippen LogP contribution in [0, 0.1) is 6.08 Å². The topological polar surface area (TPSA) is 0 Å². The van der Waals surface area contributed by atoms with Crippen molar-refractivity contribution in [1.29, 1.82) is 0 Å². The summed E-state index contributed by atoms with van der Waals surface area (Å²) < 4.78 is 0. The summed E-state index contributed by atoms with van der Waals surface area (Å²) in [7, 11) is 0. The van der Waals surface area contributed by atoms with Gasteiger partial charge in [0.25, 0.3) is 0 Å². The van der Waals surface area contributed by atoms with Crippen molar-refractivity contribution in [1.82, 2.24) is 0 Å². The van der Waals surface area contributed by atoms with Gasteiger partial charge >= 0.3 is 80.4 Å². The molecule has 0 aromatic heterocycles. The Morgan fingerprint density at radius 2 is 1.08 bits per heavy atom. The van der Waals surface area contributed by atoms with Crippen LogP contribution in [-0.2, 0) is 34.2 Å². The molecule has 0 unspecified atom stereocenters. The van der Waals surface area contributed by atoms with Gasteiger partial charge in [-0.3, -0.25) is 6.08 Å². The van der Waals surface area contributed by atoms with Crippen molar-refractivity contribution in [3.63, 3.8) is 0 Å². The van der Waals surface area contributed by atoms with Gasteiger partial charge in [-0.2, -0.15) is 6.08 Å². The van der Waals surface area contributed by atoms with Crippen LogP contribution in [0.25, 0.3) is 21.5 Å². The Morgan fingerprint density at radius 3 is 1.29 bits per heavy atom. The number of hydrogen-bond acceptors (Lipinski definition) is 0. The molecule has 3 aromatic carbocycles. The molecule has 0 aliphatic heterocycles. The molecule has 0 fully saturated rings. The number of fused-ring (bicyclic) bond motifs is 3. The normalized spacial score (nSPS) is 13.2. The van der Waals surface area contributed by atoms with Crippen LogP contribution in [0.15, 0.2) is 60.7 Å². The largest absolute Gasteiger partial charge is 1.00 e. The average molecular weight is 647 g/mol. The Labute approximate surface area is 261 Å². The third kappa shape index (κ3) is 10.8. The second kappa shape index (κ2) is 14.4.